The molecule has 5 N–H and O–H groups in total. The standard InChI is InChI=1S/C55H69N5O16S/c1-55(2,3)45-33-50(49(61)34-48(45)58-53(65)44-35-56-46-7-5-4-6-42(46)52(44)64)76-31-29-74-27-25-72-23-21-70-19-18-69-20-22-71-24-26-73-28-30-75-40-10-8-38(9-11-40)39-14-16-60(17-15-39)77(67,68)41-12-13-43-47(32-41)57-37-59(54(43)66)36-51(62)63/h4-13,32-35,39,57,61H,14-31,36-37H2,1-3H3,(H,56,64)(H,58,65)(H,62,63). The summed E-state index contributed by atoms with van der Waals surface area (Å²) in [6, 6.07) is 22.2. The molecule has 21 nitrogen and oxygen atoms in total. The fourth-order valence-electron chi connectivity index (χ4n) is 8.71. The van der Waals surface area contributed by atoms with E-state index in [0.717, 1.165) is 10.5 Å². The number of nitrogens with one attached hydrogen (secondary N) is 3. The van der Waals surface area contributed by atoms with Crippen molar-refractivity contribution in [2.45, 2.75) is 49.8 Å². The van der Waals surface area contributed by atoms with Crippen LogP contribution in [0.4, 0.5) is 11.4 Å². The number of ether oxygens (including phenoxy) is 8. The van der Waals surface area contributed by atoms with Gasteiger partial charge in [-0.05, 0) is 83.8 Å². The molecule has 2 amide bonds. The molecule has 0 atom stereocenters. The molecule has 2 aliphatic rings. The zero-order chi connectivity index (χ0) is 54.8. The van der Waals surface area contributed by atoms with Gasteiger partial charge in [0.1, 0.15) is 31.1 Å². The lowest BCUT2D eigenvalue weighted by molar-refractivity contribution is -0.137. The third-order valence-electron chi connectivity index (χ3n) is 12.8. The van der Waals surface area contributed by atoms with E-state index in [2.05, 4.69) is 15.6 Å². The third-order valence-corrected chi connectivity index (χ3v) is 14.7. The number of aromatic hydroxyl groups is 1. The number of rotatable bonds is 30. The molecule has 0 bridgehead atoms. The number of carbonyl (C=O) groups excluding carboxylic acids is 2. The lowest BCUT2D eigenvalue weighted by Gasteiger charge is -2.32. The molecule has 1 fully saturated rings. The number of sulfonamides is 1. The molecule has 1 saturated heterocycles. The molecule has 1 aromatic heterocycles. The molecule has 0 saturated carbocycles. The molecule has 4 aromatic carbocycles. The highest BCUT2D eigenvalue weighted by molar-refractivity contribution is 7.89. The summed E-state index contributed by atoms with van der Waals surface area (Å²) in [6.07, 6.45) is 2.69. The lowest BCUT2D eigenvalue weighted by Crippen LogP contribution is -2.43. The van der Waals surface area contributed by atoms with Crippen LogP contribution in [0.1, 0.15) is 71.4 Å². The highest BCUT2D eigenvalue weighted by Crippen LogP contribution is 2.39. The minimum atomic E-state index is -3.80. The molecule has 22 heteroatoms. The summed E-state index contributed by atoms with van der Waals surface area (Å²) in [4.78, 5) is 54.2. The van der Waals surface area contributed by atoms with Crippen LogP contribution in [-0.2, 0) is 48.7 Å². The Kier molecular flexibility index (Phi) is 21.2. The van der Waals surface area contributed by atoms with Gasteiger partial charge in [-0.25, -0.2) is 8.42 Å². The summed E-state index contributed by atoms with van der Waals surface area (Å²) < 4.78 is 73.7. The third kappa shape index (κ3) is 16.4. The zero-order valence-corrected chi connectivity index (χ0v) is 44.5. The van der Waals surface area contributed by atoms with Gasteiger partial charge in [0.05, 0.1) is 96.4 Å². The monoisotopic (exact) mass is 1090 g/mol. The van der Waals surface area contributed by atoms with Crippen LogP contribution in [0.25, 0.3) is 10.9 Å². The summed E-state index contributed by atoms with van der Waals surface area (Å²) in [5.74, 6) is -1.21. The van der Waals surface area contributed by atoms with Crippen LogP contribution >= 0.6 is 0 Å². The van der Waals surface area contributed by atoms with Crippen molar-refractivity contribution in [1.82, 2.24) is 14.2 Å². The van der Waals surface area contributed by atoms with Gasteiger partial charge in [0, 0.05) is 47.6 Å². The second-order valence-electron chi connectivity index (χ2n) is 19.2. The Hall–Kier alpha value is -6.63. The van der Waals surface area contributed by atoms with E-state index in [-0.39, 0.29) is 53.3 Å². The number of carbonyl (C=O) groups is 3. The van der Waals surface area contributed by atoms with Gasteiger partial charge >= 0.3 is 5.97 Å². The van der Waals surface area contributed by atoms with Crippen LogP contribution in [0.15, 0.2) is 94.7 Å². The number of amides is 2. The Balaban J connectivity index is 0.650. The van der Waals surface area contributed by atoms with Crippen molar-refractivity contribution in [1.29, 1.82) is 0 Å². The average Bonchev–Trinajstić information content (AvgIpc) is 3.41. The van der Waals surface area contributed by atoms with Crippen molar-refractivity contribution in [2.24, 2.45) is 0 Å². The molecule has 0 spiro atoms. The Labute approximate surface area is 447 Å². The summed E-state index contributed by atoms with van der Waals surface area (Å²) in [5, 5.41) is 26.0. The molecular weight excluding hydrogens is 1020 g/mol. The average molecular weight is 1090 g/mol. The van der Waals surface area contributed by atoms with Gasteiger partial charge in [-0.3, -0.25) is 19.2 Å². The number of carboxylic acid groups (broad SMARTS) is 1. The number of piperidine rings is 1. The Morgan fingerprint density at radius 1 is 0.727 bits per heavy atom. The van der Waals surface area contributed by atoms with Crippen molar-refractivity contribution in [3.05, 3.63) is 118 Å². The maximum absolute atomic E-state index is 13.5. The van der Waals surface area contributed by atoms with E-state index in [1.165, 1.54) is 34.8 Å². The molecule has 0 aliphatic carbocycles. The number of benzene rings is 4. The number of phenolic OH excluding ortho intramolecular Hbond substituents is 1. The summed E-state index contributed by atoms with van der Waals surface area (Å²) in [6.45, 7) is 11.3. The normalized spacial score (nSPS) is 14.3. The zero-order valence-electron chi connectivity index (χ0n) is 43.7. The highest BCUT2D eigenvalue weighted by Gasteiger charge is 2.33. The van der Waals surface area contributed by atoms with Gasteiger partial charge in [-0.1, -0.05) is 45.0 Å². The first-order valence-corrected chi connectivity index (χ1v) is 27.0. The smallest absolute Gasteiger partial charge is 0.323 e. The first-order valence-electron chi connectivity index (χ1n) is 25.6. The number of hydrogen-bond donors (Lipinski definition) is 5. The topological polar surface area (TPSA) is 263 Å². The summed E-state index contributed by atoms with van der Waals surface area (Å²) in [7, 11) is -3.80. The van der Waals surface area contributed by atoms with Gasteiger partial charge in [0.15, 0.2) is 11.5 Å². The van der Waals surface area contributed by atoms with Gasteiger partial charge < -0.3 is 68.6 Å². The molecule has 77 heavy (non-hydrogen) atoms. The number of aromatic amines is 1. The number of hydrogen-bond acceptors (Lipinski definition) is 16. The van der Waals surface area contributed by atoms with E-state index in [9.17, 15) is 32.7 Å². The summed E-state index contributed by atoms with van der Waals surface area (Å²) >= 11 is 0. The molecule has 5 aromatic rings. The molecular formula is C55H69N5O16S. The maximum atomic E-state index is 13.5. The predicted molar refractivity (Wildman–Crippen MR) is 286 cm³/mol. The number of fused-ring (bicyclic) bond motifs is 2. The SMILES string of the molecule is CC(C)(C)c1cc(OCCOCCOCCOCCOCCOCCOCCOc2ccc(C3CCN(S(=O)(=O)c4ccc5c(c4)NCN(CC(=O)O)C5=O)CC3)cc2)c(O)cc1NC(=O)c1c[nH]c2ccccc2c1=O. The fourth-order valence-corrected chi connectivity index (χ4v) is 10.2. The number of aromatic nitrogens is 1. The van der Waals surface area contributed by atoms with Gasteiger partial charge in [-0.15, -0.1) is 0 Å². The van der Waals surface area contributed by atoms with Gasteiger partial charge in [0.25, 0.3) is 11.8 Å². The van der Waals surface area contributed by atoms with E-state index in [0.29, 0.717) is 139 Å². The Bertz CT molecular complexity index is 2940. The van der Waals surface area contributed by atoms with Crippen LogP contribution < -0.4 is 25.5 Å². The number of phenols is 1. The Morgan fingerprint density at radius 3 is 1.88 bits per heavy atom. The molecule has 416 valence electrons. The number of anilines is 2. The number of aliphatic carboxylic acids is 1. The maximum Gasteiger partial charge on any atom is 0.323 e. The molecule has 2 aliphatic heterocycles. The quantitative estimate of drug-likeness (QED) is 0.0339. The van der Waals surface area contributed by atoms with E-state index in [1.54, 1.807) is 30.3 Å². The van der Waals surface area contributed by atoms with Crippen LogP contribution in [0.5, 0.6) is 17.2 Å². The van der Waals surface area contributed by atoms with E-state index in [1.807, 2.05) is 45.0 Å². The van der Waals surface area contributed by atoms with E-state index < -0.39 is 45.2 Å². The van der Waals surface area contributed by atoms with E-state index in [4.69, 9.17) is 43.0 Å². The second-order valence-corrected chi connectivity index (χ2v) is 21.1. The van der Waals surface area contributed by atoms with Crippen LogP contribution in [0.2, 0.25) is 0 Å². The first-order chi connectivity index (χ1) is 37.1. The van der Waals surface area contributed by atoms with Crippen LogP contribution in [0, 0.1) is 0 Å². The van der Waals surface area contributed by atoms with Gasteiger partial charge in [-0.2, -0.15) is 4.31 Å². The largest absolute Gasteiger partial charge is 0.504 e. The minimum Gasteiger partial charge on any atom is -0.504 e. The van der Waals surface area contributed by atoms with Crippen molar-refractivity contribution in [3.63, 3.8) is 0 Å². The van der Waals surface area contributed by atoms with Crippen molar-refractivity contribution in [3.8, 4) is 17.2 Å². The predicted octanol–water partition coefficient (Wildman–Crippen LogP) is 5.82. The second kappa shape index (κ2) is 28.1. The molecule has 3 heterocycles. The Morgan fingerprint density at radius 2 is 1.30 bits per heavy atom. The number of pyridine rings is 1. The van der Waals surface area contributed by atoms with Crippen LogP contribution in [-0.4, -0.2) is 169 Å². The summed E-state index contributed by atoms with van der Waals surface area (Å²) in [5.41, 5.74) is 2.54. The number of para-hydroxylation sites is 1. The number of nitrogens with zero attached hydrogens (tertiary/aromatic N) is 2. The highest BCUT2D eigenvalue weighted by atomic mass is 32.2. The van der Waals surface area contributed by atoms with Crippen LogP contribution in [0.3, 0.4) is 0 Å². The first kappa shape index (κ1) is 58.1. The van der Waals surface area contributed by atoms with Crippen molar-refractivity contribution in [2.75, 3.05) is 129 Å². The fraction of sp³-hybridized carbons (Fsp3) is 0.455. The minimum absolute atomic E-state index is 0.0249. The van der Waals surface area contributed by atoms with E-state index >= 15 is 0 Å². The number of carboxylic acids is 1. The van der Waals surface area contributed by atoms with Crippen molar-refractivity contribution >= 4 is 50.1 Å². The molecule has 0 unspecified atom stereocenters. The van der Waals surface area contributed by atoms with Gasteiger partial charge in [0.2, 0.25) is 15.5 Å². The molecule has 7 rings (SSSR count). The number of H-pyrrole nitrogens is 1. The molecule has 0 radical (unpaired) electrons. The lowest BCUT2D eigenvalue weighted by atomic mass is 9.85. The van der Waals surface area contributed by atoms with Crippen molar-refractivity contribution < 1.29 is 70.9 Å².